The minimum Gasteiger partial charge on any atom is -0.456 e. The topological polar surface area (TPSA) is 54.3 Å². The van der Waals surface area contributed by atoms with E-state index in [0.29, 0.717) is 18.2 Å². The lowest BCUT2D eigenvalue weighted by atomic mass is 10.2. The Hall–Kier alpha value is -1.29. The van der Waals surface area contributed by atoms with Crippen LogP contribution in [0, 0.1) is 12.8 Å². The molecular formula is C11H18N2O2. The molecule has 0 fully saturated rings. The van der Waals surface area contributed by atoms with Crippen molar-refractivity contribution in [1.82, 2.24) is 10.6 Å². The molecule has 1 atom stereocenters. The molecule has 15 heavy (non-hydrogen) atoms. The van der Waals surface area contributed by atoms with Crippen LogP contribution in [0.1, 0.15) is 23.2 Å². The molecular weight excluding hydrogens is 192 g/mol. The van der Waals surface area contributed by atoms with Crippen LogP contribution in [0.5, 0.6) is 0 Å². The Labute approximate surface area is 90.0 Å². The summed E-state index contributed by atoms with van der Waals surface area (Å²) in [5, 5.41) is 5.88. The minimum atomic E-state index is -0.147. The van der Waals surface area contributed by atoms with Crippen LogP contribution in [0.25, 0.3) is 0 Å². The maximum atomic E-state index is 11.5. The van der Waals surface area contributed by atoms with Gasteiger partial charge in [0.25, 0.3) is 5.91 Å². The fourth-order valence-corrected chi connectivity index (χ4v) is 1.33. The summed E-state index contributed by atoms with van der Waals surface area (Å²) >= 11 is 0. The second kappa shape index (κ2) is 5.56. The quantitative estimate of drug-likeness (QED) is 0.767. The van der Waals surface area contributed by atoms with Crippen molar-refractivity contribution in [2.45, 2.75) is 13.8 Å². The Morgan fingerprint density at radius 3 is 2.73 bits per heavy atom. The first-order valence-electron chi connectivity index (χ1n) is 5.12. The van der Waals surface area contributed by atoms with Crippen LogP contribution in [0.15, 0.2) is 16.5 Å². The van der Waals surface area contributed by atoms with Crippen LogP contribution in [0.2, 0.25) is 0 Å². The van der Waals surface area contributed by atoms with E-state index >= 15 is 0 Å². The van der Waals surface area contributed by atoms with E-state index < -0.39 is 0 Å². The van der Waals surface area contributed by atoms with Crippen molar-refractivity contribution in [2.75, 3.05) is 20.1 Å². The molecule has 0 saturated heterocycles. The Morgan fingerprint density at radius 1 is 1.47 bits per heavy atom. The first-order valence-corrected chi connectivity index (χ1v) is 5.12. The van der Waals surface area contributed by atoms with E-state index in [1.807, 2.05) is 14.0 Å². The molecule has 2 N–H and O–H groups in total. The minimum absolute atomic E-state index is 0.147. The maximum absolute atomic E-state index is 11.5. The van der Waals surface area contributed by atoms with Crippen molar-refractivity contribution in [2.24, 2.45) is 5.92 Å². The van der Waals surface area contributed by atoms with Gasteiger partial charge in [0, 0.05) is 6.54 Å². The monoisotopic (exact) mass is 210 g/mol. The molecule has 1 heterocycles. The second-order valence-electron chi connectivity index (χ2n) is 3.78. The summed E-state index contributed by atoms with van der Waals surface area (Å²) in [5.41, 5.74) is 0. The van der Waals surface area contributed by atoms with Crippen LogP contribution in [-0.4, -0.2) is 26.0 Å². The van der Waals surface area contributed by atoms with Crippen molar-refractivity contribution in [3.05, 3.63) is 23.7 Å². The molecule has 0 radical (unpaired) electrons. The number of carbonyl (C=O) groups excluding carboxylic acids is 1. The van der Waals surface area contributed by atoms with Crippen LogP contribution in [-0.2, 0) is 0 Å². The molecule has 1 rings (SSSR count). The Balaban J connectivity index is 2.36. The highest BCUT2D eigenvalue weighted by Gasteiger charge is 2.10. The Kier molecular flexibility index (Phi) is 4.37. The maximum Gasteiger partial charge on any atom is 0.287 e. The first-order chi connectivity index (χ1) is 7.13. The van der Waals surface area contributed by atoms with Gasteiger partial charge < -0.3 is 15.1 Å². The summed E-state index contributed by atoms with van der Waals surface area (Å²) in [6.07, 6.45) is 0. The number of nitrogens with one attached hydrogen (secondary N) is 2. The second-order valence-corrected chi connectivity index (χ2v) is 3.78. The van der Waals surface area contributed by atoms with E-state index in [1.54, 1.807) is 12.1 Å². The molecule has 4 heteroatoms. The normalized spacial score (nSPS) is 12.5. The summed E-state index contributed by atoms with van der Waals surface area (Å²) in [4.78, 5) is 11.5. The van der Waals surface area contributed by atoms with Crippen molar-refractivity contribution in [3.63, 3.8) is 0 Å². The van der Waals surface area contributed by atoms with Gasteiger partial charge in [-0.1, -0.05) is 6.92 Å². The highest BCUT2D eigenvalue weighted by molar-refractivity contribution is 5.91. The van der Waals surface area contributed by atoms with E-state index in [4.69, 9.17) is 4.42 Å². The lowest BCUT2D eigenvalue weighted by Crippen LogP contribution is -2.31. The van der Waals surface area contributed by atoms with Crippen LogP contribution >= 0.6 is 0 Å². The summed E-state index contributed by atoms with van der Waals surface area (Å²) in [6.45, 7) is 5.43. The zero-order valence-electron chi connectivity index (χ0n) is 9.46. The van der Waals surface area contributed by atoms with Gasteiger partial charge >= 0.3 is 0 Å². The van der Waals surface area contributed by atoms with Crippen molar-refractivity contribution < 1.29 is 9.21 Å². The molecule has 0 aliphatic heterocycles. The predicted octanol–water partition coefficient (Wildman–Crippen LogP) is 1.17. The van der Waals surface area contributed by atoms with E-state index in [2.05, 4.69) is 17.6 Å². The summed E-state index contributed by atoms with van der Waals surface area (Å²) < 4.78 is 5.21. The SMILES string of the molecule is CNC[C@@H](C)CNC(=O)c1ccc(C)o1. The van der Waals surface area contributed by atoms with Crippen molar-refractivity contribution >= 4 is 5.91 Å². The Bertz CT molecular complexity index is 320. The fourth-order valence-electron chi connectivity index (χ4n) is 1.33. The molecule has 0 spiro atoms. The van der Waals surface area contributed by atoms with Crippen molar-refractivity contribution in [3.8, 4) is 0 Å². The van der Waals surface area contributed by atoms with Gasteiger partial charge in [-0.25, -0.2) is 0 Å². The number of amides is 1. The number of hydrogen-bond donors (Lipinski definition) is 2. The smallest absolute Gasteiger partial charge is 0.287 e. The highest BCUT2D eigenvalue weighted by Crippen LogP contribution is 2.05. The largest absolute Gasteiger partial charge is 0.456 e. The van der Waals surface area contributed by atoms with Gasteiger partial charge in [0.2, 0.25) is 0 Å². The third-order valence-electron chi connectivity index (χ3n) is 2.13. The molecule has 0 aromatic carbocycles. The Morgan fingerprint density at radius 2 is 2.20 bits per heavy atom. The molecule has 0 aliphatic carbocycles. The number of furan rings is 1. The van der Waals surface area contributed by atoms with Crippen LogP contribution in [0.4, 0.5) is 0 Å². The van der Waals surface area contributed by atoms with E-state index in [0.717, 1.165) is 12.3 Å². The third kappa shape index (κ3) is 3.75. The highest BCUT2D eigenvalue weighted by atomic mass is 16.3. The average molecular weight is 210 g/mol. The van der Waals surface area contributed by atoms with Gasteiger partial charge in [0.15, 0.2) is 5.76 Å². The van der Waals surface area contributed by atoms with Gasteiger partial charge in [-0.05, 0) is 38.6 Å². The molecule has 0 saturated carbocycles. The van der Waals surface area contributed by atoms with Crippen LogP contribution < -0.4 is 10.6 Å². The molecule has 1 aromatic rings. The van der Waals surface area contributed by atoms with Gasteiger partial charge in [-0.3, -0.25) is 4.79 Å². The number of hydrogen-bond acceptors (Lipinski definition) is 3. The lowest BCUT2D eigenvalue weighted by molar-refractivity contribution is 0.0919. The summed E-state index contributed by atoms with van der Waals surface area (Å²) in [6, 6.07) is 3.47. The van der Waals surface area contributed by atoms with Gasteiger partial charge in [0.05, 0.1) is 0 Å². The molecule has 0 unspecified atom stereocenters. The standard InChI is InChI=1S/C11H18N2O2/c1-8(6-12-3)7-13-11(14)10-5-4-9(2)15-10/h4-5,8,12H,6-7H2,1-3H3,(H,13,14)/t8-/m1/s1. The van der Waals surface area contributed by atoms with E-state index in [1.165, 1.54) is 0 Å². The molecule has 4 nitrogen and oxygen atoms in total. The van der Waals surface area contributed by atoms with E-state index in [-0.39, 0.29) is 5.91 Å². The summed E-state index contributed by atoms with van der Waals surface area (Å²) in [7, 11) is 1.90. The molecule has 1 aromatic heterocycles. The van der Waals surface area contributed by atoms with Crippen molar-refractivity contribution in [1.29, 1.82) is 0 Å². The number of rotatable bonds is 5. The molecule has 0 bridgehead atoms. The first kappa shape index (κ1) is 11.8. The lowest BCUT2D eigenvalue weighted by Gasteiger charge is -2.10. The molecule has 84 valence electrons. The van der Waals surface area contributed by atoms with Gasteiger partial charge in [-0.15, -0.1) is 0 Å². The number of carbonyl (C=O) groups is 1. The van der Waals surface area contributed by atoms with E-state index in [9.17, 15) is 4.79 Å². The fraction of sp³-hybridized carbons (Fsp3) is 0.545. The van der Waals surface area contributed by atoms with Crippen LogP contribution in [0.3, 0.4) is 0 Å². The molecule has 0 aliphatic rings. The number of aryl methyl sites for hydroxylation is 1. The predicted molar refractivity (Wildman–Crippen MR) is 58.9 cm³/mol. The average Bonchev–Trinajstić information content (AvgIpc) is 2.62. The van der Waals surface area contributed by atoms with Gasteiger partial charge in [-0.2, -0.15) is 0 Å². The summed E-state index contributed by atoms with van der Waals surface area (Å²) in [5.74, 6) is 1.40. The van der Waals surface area contributed by atoms with Gasteiger partial charge in [0.1, 0.15) is 5.76 Å². The molecule has 1 amide bonds. The zero-order chi connectivity index (χ0) is 11.3. The zero-order valence-corrected chi connectivity index (χ0v) is 9.46. The third-order valence-corrected chi connectivity index (χ3v) is 2.13.